The molecule has 0 aliphatic heterocycles. The van der Waals surface area contributed by atoms with Crippen LogP contribution >= 0.6 is 0 Å². The van der Waals surface area contributed by atoms with Crippen molar-refractivity contribution in [2.45, 2.75) is 226 Å². The maximum absolute atomic E-state index is 12.6. The molecule has 0 saturated heterocycles. The van der Waals surface area contributed by atoms with Gasteiger partial charge in [-0.1, -0.05) is 220 Å². The summed E-state index contributed by atoms with van der Waals surface area (Å²) in [5, 5.41) is 0. The first-order valence-corrected chi connectivity index (χ1v) is 25.9. The van der Waals surface area contributed by atoms with Gasteiger partial charge in [0.05, 0.1) is 0 Å². The summed E-state index contributed by atoms with van der Waals surface area (Å²) in [7, 11) is 0. The summed E-state index contributed by atoms with van der Waals surface area (Å²) in [5.74, 6) is -0.941. The second-order valence-electron chi connectivity index (χ2n) is 16.7. The number of carbonyl (C=O) groups excluding carboxylic acids is 3. The Bertz CT molecular complexity index is 1340. The van der Waals surface area contributed by atoms with Crippen LogP contribution in [0.2, 0.25) is 0 Å². The lowest BCUT2D eigenvalue weighted by molar-refractivity contribution is -0.167. The van der Waals surface area contributed by atoms with Crippen molar-refractivity contribution in [3.63, 3.8) is 0 Å². The number of hydrogen-bond donors (Lipinski definition) is 0. The van der Waals surface area contributed by atoms with Crippen molar-refractivity contribution < 1.29 is 28.6 Å². The summed E-state index contributed by atoms with van der Waals surface area (Å²) >= 11 is 0. The molecule has 0 aromatic carbocycles. The molecule has 0 aliphatic rings. The molecule has 1 atom stereocenters. The molecule has 6 nitrogen and oxygen atoms in total. The van der Waals surface area contributed by atoms with Gasteiger partial charge in [0.15, 0.2) is 6.10 Å². The predicted octanol–water partition coefficient (Wildman–Crippen LogP) is 17.1. The van der Waals surface area contributed by atoms with Crippen molar-refractivity contribution >= 4 is 17.9 Å². The molecule has 0 radical (unpaired) electrons. The van der Waals surface area contributed by atoms with E-state index in [2.05, 4.69) is 130 Å². The fraction of sp³-hybridized carbons (Fsp3) is 0.638. The van der Waals surface area contributed by atoms with Crippen LogP contribution < -0.4 is 0 Å². The molecule has 0 N–H and O–H groups in total. The van der Waals surface area contributed by atoms with Crippen LogP contribution in [-0.2, 0) is 28.6 Å². The zero-order valence-corrected chi connectivity index (χ0v) is 41.3. The highest BCUT2D eigenvalue weighted by Crippen LogP contribution is 2.13. The highest BCUT2D eigenvalue weighted by molar-refractivity contribution is 5.71. The van der Waals surface area contributed by atoms with Gasteiger partial charge in [-0.25, -0.2) is 0 Å². The first-order chi connectivity index (χ1) is 31.5. The largest absolute Gasteiger partial charge is 0.462 e. The van der Waals surface area contributed by atoms with E-state index < -0.39 is 6.10 Å². The highest BCUT2D eigenvalue weighted by Gasteiger charge is 2.19. The molecule has 0 amide bonds. The lowest BCUT2D eigenvalue weighted by Gasteiger charge is -2.18. The Morgan fingerprint density at radius 1 is 0.328 bits per heavy atom. The Labute approximate surface area is 393 Å². The second kappa shape index (κ2) is 51.7. The van der Waals surface area contributed by atoms with Gasteiger partial charge in [-0.2, -0.15) is 0 Å². The van der Waals surface area contributed by atoms with Gasteiger partial charge >= 0.3 is 17.9 Å². The number of allylic oxidation sites excluding steroid dienone is 18. The molecular weight excluding hydrogens is 793 g/mol. The zero-order chi connectivity index (χ0) is 46.5. The van der Waals surface area contributed by atoms with Gasteiger partial charge in [0, 0.05) is 19.3 Å². The average molecular weight is 887 g/mol. The standard InChI is InChI=1S/C58H94O6/c1-4-7-10-13-16-18-19-20-21-22-23-24-25-26-27-28-29-30-31-32-33-34-35-36-37-38-39-40-43-45-48-51-57(60)63-54-55(53-62-56(59)50-47-44-41-15-12-9-6-3)64-58(61)52-49-46-42-17-14-11-8-5-2/h7,10,16,18,20-21,23-24,26-27,29-30,32-33,35-36,38-39,55H,4-6,8-9,11-15,17,19,22,25,28,31,34,37,40-54H2,1-3H3/b10-7-,18-16-,21-20-,24-23-,27-26-,30-29-,33-32-,36-35-,39-38-. The molecule has 0 rings (SSSR count). The Balaban J connectivity index is 4.16. The van der Waals surface area contributed by atoms with E-state index in [1.165, 1.54) is 57.8 Å². The number of esters is 3. The van der Waals surface area contributed by atoms with Gasteiger partial charge in [-0.15, -0.1) is 0 Å². The third kappa shape index (κ3) is 49.1. The lowest BCUT2D eigenvalue weighted by Crippen LogP contribution is -2.30. The summed E-state index contributed by atoms with van der Waals surface area (Å²) in [5.41, 5.74) is 0. The molecule has 64 heavy (non-hydrogen) atoms. The fourth-order valence-corrected chi connectivity index (χ4v) is 6.67. The molecule has 6 heteroatoms. The van der Waals surface area contributed by atoms with E-state index in [0.717, 1.165) is 122 Å². The molecule has 0 saturated carbocycles. The van der Waals surface area contributed by atoms with Crippen molar-refractivity contribution in [2.75, 3.05) is 13.2 Å². The molecule has 0 aromatic heterocycles. The molecule has 0 bridgehead atoms. The van der Waals surface area contributed by atoms with Gasteiger partial charge in [-0.05, 0) is 89.9 Å². The van der Waals surface area contributed by atoms with Crippen LogP contribution in [0.1, 0.15) is 220 Å². The minimum atomic E-state index is -0.785. The van der Waals surface area contributed by atoms with Gasteiger partial charge in [-0.3, -0.25) is 14.4 Å². The quantitative estimate of drug-likeness (QED) is 0.0262. The normalized spacial score (nSPS) is 13.0. The second-order valence-corrected chi connectivity index (χ2v) is 16.7. The minimum absolute atomic E-state index is 0.0882. The lowest BCUT2D eigenvalue weighted by atomic mass is 10.1. The number of ether oxygens (including phenoxy) is 3. The highest BCUT2D eigenvalue weighted by atomic mass is 16.6. The Morgan fingerprint density at radius 2 is 0.609 bits per heavy atom. The summed E-state index contributed by atoms with van der Waals surface area (Å²) in [6, 6.07) is 0. The Morgan fingerprint density at radius 3 is 0.953 bits per heavy atom. The van der Waals surface area contributed by atoms with E-state index in [1.54, 1.807) is 0 Å². The molecule has 362 valence electrons. The summed E-state index contributed by atoms with van der Waals surface area (Å²) in [6.07, 6.45) is 69.7. The maximum Gasteiger partial charge on any atom is 0.306 e. The van der Waals surface area contributed by atoms with E-state index in [0.29, 0.717) is 19.3 Å². The minimum Gasteiger partial charge on any atom is -0.462 e. The summed E-state index contributed by atoms with van der Waals surface area (Å²) in [4.78, 5) is 37.6. The van der Waals surface area contributed by atoms with Crippen LogP contribution in [0.3, 0.4) is 0 Å². The van der Waals surface area contributed by atoms with Crippen LogP contribution in [0.5, 0.6) is 0 Å². The molecule has 0 aliphatic carbocycles. The number of carbonyl (C=O) groups is 3. The van der Waals surface area contributed by atoms with E-state index in [4.69, 9.17) is 14.2 Å². The van der Waals surface area contributed by atoms with Crippen LogP contribution in [0.25, 0.3) is 0 Å². The van der Waals surface area contributed by atoms with Gasteiger partial charge in [0.25, 0.3) is 0 Å². The predicted molar refractivity (Wildman–Crippen MR) is 274 cm³/mol. The molecule has 0 fully saturated rings. The summed E-state index contributed by atoms with van der Waals surface area (Å²) in [6.45, 7) is 6.40. The molecule has 0 aromatic rings. The van der Waals surface area contributed by atoms with Crippen molar-refractivity contribution in [3.8, 4) is 0 Å². The van der Waals surface area contributed by atoms with E-state index in [-0.39, 0.29) is 31.1 Å². The number of unbranched alkanes of at least 4 members (excludes halogenated alkanes) is 16. The first-order valence-electron chi connectivity index (χ1n) is 25.9. The van der Waals surface area contributed by atoms with E-state index in [1.807, 2.05) is 0 Å². The zero-order valence-electron chi connectivity index (χ0n) is 41.3. The van der Waals surface area contributed by atoms with Gasteiger partial charge in [0.2, 0.25) is 0 Å². The van der Waals surface area contributed by atoms with Crippen LogP contribution in [-0.4, -0.2) is 37.2 Å². The molecule has 0 spiro atoms. The van der Waals surface area contributed by atoms with Crippen molar-refractivity contribution in [2.24, 2.45) is 0 Å². The maximum atomic E-state index is 12.6. The SMILES string of the molecule is CC/C=C\C/C=C\C/C=C\C/C=C\C/C=C\C/C=C\C/C=C\C/C=C\C/C=C\CCCCCC(=O)OCC(COC(=O)CCCCCCCCC)OC(=O)CCCCCCCCCC. The number of hydrogen-bond acceptors (Lipinski definition) is 6. The molecule has 1 unspecified atom stereocenters. The smallest absolute Gasteiger partial charge is 0.306 e. The number of rotatable bonds is 45. The fourth-order valence-electron chi connectivity index (χ4n) is 6.67. The average Bonchev–Trinajstić information content (AvgIpc) is 3.29. The van der Waals surface area contributed by atoms with E-state index >= 15 is 0 Å². The Hall–Kier alpha value is -3.93. The van der Waals surface area contributed by atoms with Crippen LogP contribution in [0.4, 0.5) is 0 Å². The third-order valence-corrected chi connectivity index (χ3v) is 10.5. The topological polar surface area (TPSA) is 78.9 Å². The van der Waals surface area contributed by atoms with Crippen LogP contribution in [0.15, 0.2) is 109 Å². The van der Waals surface area contributed by atoms with Gasteiger partial charge in [0.1, 0.15) is 13.2 Å². The molecule has 0 heterocycles. The third-order valence-electron chi connectivity index (χ3n) is 10.5. The van der Waals surface area contributed by atoms with Crippen molar-refractivity contribution in [3.05, 3.63) is 109 Å². The Kier molecular flexibility index (Phi) is 48.5. The van der Waals surface area contributed by atoms with Gasteiger partial charge < -0.3 is 14.2 Å². The van der Waals surface area contributed by atoms with E-state index in [9.17, 15) is 14.4 Å². The monoisotopic (exact) mass is 887 g/mol. The van der Waals surface area contributed by atoms with Crippen molar-refractivity contribution in [1.82, 2.24) is 0 Å². The summed E-state index contributed by atoms with van der Waals surface area (Å²) < 4.78 is 16.6. The first kappa shape index (κ1) is 60.1. The molecular formula is C58H94O6. The van der Waals surface area contributed by atoms with Crippen LogP contribution in [0, 0.1) is 0 Å². The van der Waals surface area contributed by atoms with Crippen molar-refractivity contribution in [1.29, 1.82) is 0 Å².